The second kappa shape index (κ2) is 11.6. The Morgan fingerprint density at radius 2 is 1.58 bits per heavy atom. The van der Waals surface area contributed by atoms with Gasteiger partial charge in [0.2, 0.25) is 26.0 Å². The molecule has 0 aliphatic heterocycles. The van der Waals surface area contributed by atoms with Gasteiger partial charge in [-0.3, -0.25) is 4.79 Å². The number of benzene rings is 2. The summed E-state index contributed by atoms with van der Waals surface area (Å²) in [6, 6.07) is 11.0. The molecule has 0 heterocycles. The number of hydrogen-bond acceptors (Lipinski definition) is 6. The molecule has 1 amide bonds. The van der Waals surface area contributed by atoms with E-state index in [2.05, 4.69) is 10.0 Å². The van der Waals surface area contributed by atoms with Crippen molar-refractivity contribution in [1.29, 1.82) is 0 Å². The Kier molecular flexibility index (Phi) is 9.41. The van der Waals surface area contributed by atoms with Crippen molar-refractivity contribution in [3.05, 3.63) is 53.6 Å². The molecule has 0 bridgehead atoms. The summed E-state index contributed by atoms with van der Waals surface area (Å²) in [5.74, 6) is 0.0722. The molecule has 0 spiro atoms. The molecule has 2 aromatic carbocycles. The maximum atomic E-state index is 13.0. The summed E-state index contributed by atoms with van der Waals surface area (Å²) in [6.07, 6.45) is 0. The molecular formula is C22H31N3O6S2. The van der Waals surface area contributed by atoms with Crippen molar-refractivity contribution in [3.63, 3.8) is 0 Å². The number of rotatable bonds is 12. The molecular weight excluding hydrogens is 466 g/mol. The van der Waals surface area contributed by atoms with Crippen molar-refractivity contribution in [2.45, 2.75) is 37.5 Å². The molecule has 0 saturated heterocycles. The van der Waals surface area contributed by atoms with Crippen molar-refractivity contribution in [1.82, 2.24) is 14.3 Å². The van der Waals surface area contributed by atoms with E-state index in [0.29, 0.717) is 17.9 Å². The van der Waals surface area contributed by atoms with E-state index in [9.17, 15) is 21.6 Å². The zero-order valence-corrected chi connectivity index (χ0v) is 20.9. The number of amides is 1. The molecule has 11 heteroatoms. The van der Waals surface area contributed by atoms with Crippen LogP contribution in [0.1, 0.15) is 25.0 Å². The Bertz CT molecular complexity index is 1160. The first-order valence-corrected chi connectivity index (χ1v) is 13.5. The van der Waals surface area contributed by atoms with Gasteiger partial charge in [-0.15, -0.1) is 0 Å². The molecule has 9 nitrogen and oxygen atoms in total. The van der Waals surface area contributed by atoms with Crippen LogP contribution >= 0.6 is 0 Å². The van der Waals surface area contributed by atoms with Crippen LogP contribution in [0.15, 0.2) is 52.3 Å². The van der Waals surface area contributed by atoms with Crippen LogP contribution in [0.2, 0.25) is 0 Å². The van der Waals surface area contributed by atoms with Gasteiger partial charge >= 0.3 is 0 Å². The number of likely N-dealkylation sites (N-methyl/N-ethyl adjacent to an activating group) is 1. The lowest BCUT2D eigenvalue weighted by Gasteiger charge is -2.21. The zero-order valence-electron chi connectivity index (χ0n) is 19.3. The number of nitrogens with one attached hydrogen (secondary N) is 2. The van der Waals surface area contributed by atoms with Crippen molar-refractivity contribution in [3.8, 4) is 5.75 Å². The predicted molar refractivity (Wildman–Crippen MR) is 126 cm³/mol. The molecule has 0 aliphatic carbocycles. The summed E-state index contributed by atoms with van der Waals surface area (Å²) in [4.78, 5) is 12.5. The molecule has 0 fully saturated rings. The largest absolute Gasteiger partial charge is 0.494 e. The number of hydrogen-bond donors (Lipinski definition) is 2. The molecule has 0 unspecified atom stereocenters. The summed E-state index contributed by atoms with van der Waals surface area (Å²) in [5, 5.41) is 2.55. The molecule has 2 aromatic rings. The number of aryl methyl sites for hydroxylation is 2. The van der Waals surface area contributed by atoms with Crippen LogP contribution < -0.4 is 14.8 Å². The molecule has 0 atom stereocenters. The maximum Gasteiger partial charge on any atom is 0.243 e. The fourth-order valence-electron chi connectivity index (χ4n) is 3.02. The van der Waals surface area contributed by atoms with E-state index in [4.69, 9.17) is 4.74 Å². The van der Waals surface area contributed by atoms with E-state index in [1.165, 1.54) is 24.3 Å². The second-order valence-corrected chi connectivity index (χ2v) is 11.1. The summed E-state index contributed by atoms with van der Waals surface area (Å²) >= 11 is 0. The third-order valence-electron chi connectivity index (χ3n) is 4.83. The lowest BCUT2D eigenvalue weighted by atomic mass is 10.2. The van der Waals surface area contributed by atoms with Gasteiger partial charge in [-0.1, -0.05) is 24.6 Å². The Morgan fingerprint density at radius 3 is 2.15 bits per heavy atom. The first-order valence-electron chi connectivity index (χ1n) is 10.6. The van der Waals surface area contributed by atoms with E-state index in [-0.39, 0.29) is 36.0 Å². The normalized spacial score (nSPS) is 12.0. The van der Waals surface area contributed by atoms with Crippen LogP contribution in [-0.2, 0) is 24.8 Å². The van der Waals surface area contributed by atoms with E-state index in [1.54, 1.807) is 32.0 Å². The second-order valence-electron chi connectivity index (χ2n) is 7.35. The highest BCUT2D eigenvalue weighted by atomic mass is 32.2. The molecule has 33 heavy (non-hydrogen) atoms. The van der Waals surface area contributed by atoms with E-state index >= 15 is 0 Å². The van der Waals surface area contributed by atoms with Crippen molar-refractivity contribution in [2.24, 2.45) is 0 Å². The number of carbonyl (C=O) groups is 1. The smallest absolute Gasteiger partial charge is 0.243 e. The number of carbonyl (C=O) groups excluding carboxylic acids is 1. The molecule has 0 aliphatic rings. The van der Waals surface area contributed by atoms with E-state index < -0.39 is 26.0 Å². The Labute approximate surface area is 196 Å². The van der Waals surface area contributed by atoms with Gasteiger partial charge in [-0.2, -0.15) is 4.31 Å². The van der Waals surface area contributed by atoms with Crippen LogP contribution in [0, 0.1) is 13.8 Å². The number of ether oxygens (including phenoxy) is 1. The molecule has 2 rings (SSSR count). The van der Waals surface area contributed by atoms with Gasteiger partial charge in [0, 0.05) is 19.6 Å². The topological polar surface area (TPSA) is 122 Å². The van der Waals surface area contributed by atoms with E-state index in [1.807, 2.05) is 13.8 Å². The van der Waals surface area contributed by atoms with Crippen molar-refractivity contribution in [2.75, 3.05) is 32.8 Å². The minimum absolute atomic E-state index is 0.0175. The van der Waals surface area contributed by atoms with Gasteiger partial charge in [0.15, 0.2) is 0 Å². The third kappa shape index (κ3) is 7.26. The minimum atomic E-state index is -3.89. The summed E-state index contributed by atoms with van der Waals surface area (Å²) in [5.41, 5.74) is 1.62. The first-order chi connectivity index (χ1) is 15.5. The first kappa shape index (κ1) is 26.8. The molecule has 0 aromatic heterocycles. The zero-order chi connectivity index (χ0) is 24.6. The SMILES string of the molecule is CCOc1ccc(S(=O)(=O)N(CC)CC(=O)NCCNS(=O)(=O)c2ccc(C)cc2)cc1C. The van der Waals surface area contributed by atoms with Gasteiger partial charge in [-0.05, 0) is 56.7 Å². The van der Waals surface area contributed by atoms with Crippen molar-refractivity contribution < 1.29 is 26.4 Å². The Hall–Kier alpha value is -2.47. The highest BCUT2D eigenvalue weighted by Gasteiger charge is 2.26. The van der Waals surface area contributed by atoms with Crippen LogP contribution in [0.4, 0.5) is 0 Å². The lowest BCUT2D eigenvalue weighted by molar-refractivity contribution is -0.121. The van der Waals surface area contributed by atoms with Crippen LogP contribution in [0.3, 0.4) is 0 Å². The Morgan fingerprint density at radius 1 is 0.939 bits per heavy atom. The standard InChI is InChI=1S/C22H31N3O6S2/c1-5-25(33(29,30)20-11-12-21(31-6-2)18(4)15-20)16-22(26)23-13-14-24-32(27,28)19-9-7-17(3)8-10-19/h7-12,15,24H,5-6,13-14,16H2,1-4H3,(H,23,26). The predicted octanol–water partition coefficient (Wildman–Crippen LogP) is 1.81. The Balaban J connectivity index is 1.93. The van der Waals surface area contributed by atoms with Gasteiger partial charge in [-0.25, -0.2) is 21.6 Å². The van der Waals surface area contributed by atoms with Gasteiger partial charge in [0.25, 0.3) is 0 Å². The molecule has 0 saturated carbocycles. The van der Waals surface area contributed by atoms with Crippen LogP contribution in [-0.4, -0.2) is 59.8 Å². The maximum absolute atomic E-state index is 13.0. The monoisotopic (exact) mass is 497 g/mol. The number of nitrogens with zero attached hydrogens (tertiary/aromatic N) is 1. The average molecular weight is 498 g/mol. The molecule has 182 valence electrons. The highest BCUT2D eigenvalue weighted by Crippen LogP contribution is 2.24. The van der Waals surface area contributed by atoms with Gasteiger partial charge < -0.3 is 10.1 Å². The average Bonchev–Trinajstić information content (AvgIpc) is 2.76. The fourth-order valence-corrected chi connectivity index (χ4v) is 5.54. The molecule has 0 radical (unpaired) electrons. The summed E-state index contributed by atoms with van der Waals surface area (Å²) in [7, 11) is -7.58. The number of sulfonamides is 2. The highest BCUT2D eigenvalue weighted by molar-refractivity contribution is 7.89. The van der Waals surface area contributed by atoms with Crippen molar-refractivity contribution >= 4 is 26.0 Å². The lowest BCUT2D eigenvalue weighted by Crippen LogP contribution is -2.42. The van der Waals surface area contributed by atoms with E-state index in [0.717, 1.165) is 9.87 Å². The van der Waals surface area contributed by atoms with Crippen LogP contribution in [0.5, 0.6) is 5.75 Å². The third-order valence-corrected chi connectivity index (χ3v) is 8.22. The fraction of sp³-hybridized carbons (Fsp3) is 0.409. The minimum Gasteiger partial charge on any atom is -0.494 e. The van der Waals surface area contributed by atoms with Crippen LogP contribution in [0.25, 0.3) is 0 Å². The van der Waals surface area contributed by atoms with Gasteiger partial charge in [0.05, 0.1) is 22.9 Å². The quantitative estimate of drug-likeness (QED) is 0.431. The molecule has 2 N–H and O–H groups in total. The summed E-state index contributed by atoms with van der Waals surface area (Å²) in [6.45, 7) is 7.27. The summed E-state index contributed by atoms with van der Waals surface area (Å²) < 4.78 is 59.4. The van der Waals surface area contributed by atoms with Gasteiger partial charge in [0.1, 0.15) is 5.75 Å².